The summed E-state index contributed by atoms with van der Waals surface area (Å²) in [4.78, 5) is 0. The molecule has 92 valence electrons. The van der Waals surface area contributed by atoms with Crippen molar-refractivity contribution in [1.82, 2.24) is 0 Å². The SMILES string of the molecule is CC(=CCOCC1CO1)CCOCC1CO1. The third-order valence-electron chi connectivity index (χ3n) is 2.60. The Labute approximate surface area is 96.5 Å². The summed E-state index contributed by atoms with van der Waals surface area (Å²) in [6.45, 7) is 6.74. The van der Waals surface area contributed by atoms with Crippen LogP contribution in [0.25, 0.3) is 0 Å². The van der Waals surface area contributed by atoms with Crippen LogP contribution in [0, 0.1) is 0 Å². The van der Waals surface area contributed by atoms with E-state index in [1.54, 1.807) is 0 Å². The topological polar surface area (TPSA) is 43.5 Å². The summed E-state index contributed by atoms with van der Waals surface area (Å²) in [5.41, 5.74) is 1.31. The van der Waals surface area contributed by atoms with Crippen molar-refractivity contribution in [3.63, 3.8) is 0 Å². The van der Waals surface area contributed by atoms with Crippen molar-refractivity contribution in [2.24, 2.45) is 0 Å². The van der Waals surface area contributed by atoms with Crippen molar-refractivity contribution >= 4 is 0 Å². The standard InChI is InChI=1S/C12H20O4/c1-10(2-4-13-6-11-8-15-11)3-5-14-7-12-9-16-12/h2,11-12H,3-9H2,1H3. The van der Waals surface area contributed by atoms with Gasteiger partial charge in [0, 0.05) is 0 Å². The van der Waals surface area contributed by atoms with Gasteiger partial charge in [-0.3, -0.25) is 0 Å². The highest BCUT2D eigenvalue weighted by Crippen LogP contribution is 2.10. The van der Waals surface area contributed by atoms with Gasteiger partial charge in [-0.05, 0) is 13.3 Å². The maximum absolute atomic E-state index is 5.46. The molecule has 2 unspecified atom stereocenters. The molecule has 0 aromatic rings. The van der Waals surface area contributed by atoms with Gasteiger partial charge in [-0.2, -0.15) is 0 Å². The Morgan fingerprint density at radius 3 is 2.44 bits per heavy atom. The Hall–Kier alpha value is -0.420. The minimum atomic E-state index is 0.357. The van der Waals surface area contributed by atoms with Crippen LogP contribution in [0.1, 0.15) is 13.3 Å². The van der Waals surface area contributed by atoms with Crippen molar-refractivity contribution in [2.75, 3.05) is 39.6 Å². The third kappa shape index (κ3) is 5.61. The molecule has 16 heavy (non-hydrogen) atoms. The Morgan fingerprint density at radius 1 is 1.19 bits per heavy atom. The van der Waals surface area contributed by atoms with Gasteiger partial charge in [0.05, 0.1) is 39.6 Å². The van der Waals surface area contributed by atoms with Crippen LogP contribution < -0.4 is 0 Å². The van der Waals surface area contributed by atoms with E-state index in [1.165, 1.54) is 5.57 Å². The molecule has 2 fully saturated rings. The van der Waals surface area contributed by atoms with E-state index in [9.17, 15) is 0 Å². The predicted molar refractivity (Wildman–Crippen MR) is 59.5 cm³/mol. The number of hydrogen-bond donors (Lipinski definition) is 0. The lowest BCUT2D eigenvalue weighted by atomic mass is 10.2. The molecule has 0 N–H and O–H groups in total. The molecular weight excluding hydrogens is 208 g/mol. The molecular formula is C12H20O4. The second kappa shape index (κ2) is 6.35. The van der Waals surface area contributed by atoms with Gasteiger partial charge in [0.15, 0.2) is 0 Å². The second-order valence-electron chi connectivity index (χ2n) is 4.32. The first-order valence-electron chi connectivity index (χ1n) is 5.89. The van der Waals surface area contributed by atoms with E-state index in [1.807, 2.05) is 0 Å². The average molecular weight is 228 g/mol. The van der Waals surface area contributed by atoms with Gasteiger partial charge in [-0.1, -0.05) is 11.6 Å². The van der Waals surface area contributed by atoms with Crippen LogP contribution in [-0.4, -0.2) is 51.8 Å². The van der Waals surface area contributed by atoms with Crippen molar-refractivity contribution < 1.29 is 18.9 Å². The van der Waals surface area contributed by atoms with Crippen LogP contribution in [-0.2, 0) is 18.9 Å². The third-order valence-corrected chi connectivity index (χ3v) is 2.60. The summed E-state index contributed by atoms with van der Waals surface area (Å²) in [6.07, 6.45) is 3.80. The molecule has 2 saturated heterocycles. The Morgan fingerprint density at radius 2 is 1.81 bits per heavy atom. The molecule has 0 saturated carbocycles. The van der Waals surface area contributed by atoms with Gasteiger partial charge in [-0.25, -0.2) is 0 Å². The highest BCUT2D eigenvalue weighted by atomic mass is 16.6. The highest BCUT2D eigenvalue weighted by molar-refractivity contribution is 4.97. The van der Waals surface area contributed by atoms with Gasteiger partial charge < -0.3 is 18.9 Å². The molecule has 4 nitrogen and oxygen atoms in total. The Balaban J connectivity index is 1.41. The Bertz CT molecular complexity index is 231. The fourth-order valence-electron chi connectivity index (χ4n) is 1.28. The molecule has 0 spiro atoms. The zero-order valence-electron chi connectivity index (χ0n) is 9.81. The van der Waals surface area contributed by atoms with E-state index in [2.05, 4.69) is 13.0 Å². The van der Waals surface area contributed by atoms with Gasteiger partial charge in [0.25, 0.3) is 0 Å². The van der Waals surface area contributed by atoms with E-state index < -0.39 is 0 Å². The molecule has 2 aliphatic rings. The van der Waals surface area contributed by atoms with Crippen LogP contribution in [0.3, 0.4) is 0 Å². The van der Waals surface area contributed by atoms with Crippen LogP contribution in [0.5, 0.6) is 0 Å². The molecule has 2 atom stereocenters. The van der Waals surface area contributed by atoms with Gasteiger partial charge in [-0.15, -0.1) is 0 Å². The van der Waals surface area contributed by atoms with E-state index >= 15 is 0 Å². The van der Waals surface area contributed by atoms with Crippen LogP contribution in [0.15, 0.2) is 11.6 Å². The summed E-state index contributed by atoms with van der Waals surface area (Å²) >= 11 is 0. The summed E-state index contributed by atoms with van der Waals surface area (Å²) in [5.74, 6) is 0. The number of epoxide rings is 2. The van der Waals surface area contributed by atoms with Crippen LogP contribution in [0.4, 0.5) is 0 Å². The molecule has 2 aliphatic heterocycles. The largest absolute Gasteiger partial charge is 0.378 e. The van der Waals surface area contributed by atoms with Crippen LogP contribution in [0.2, 0.25) is 0 Å². The first-order chi connectivity index (χ1) is 7.84. The molecule has 0 amide bonds. The van der Waals surface area contributed by atoms with E-state index in [-0.39, 0.29) is 0 Å². The molecule has 4 heteroatoms. The quantitative estimate of drug-likeness (QED) is 0.337. The summed E-state index contributed by atoms with van der Waals surface area (Å²) < 4.78 is 21.0. The summed E-state index contributed by atoms with van der Waals surface area (Å²) in [6, 6.07) is 0. The first-order valence-corrected chi connectivity index (χ1v) is 5.89. The zero-order chi connectivity index (χ0) is 11.2. The number of ether oxygens (including phenoxy) is 4. The molecule has 0 aromatic carbocycles. The normalized spacial score (nSPS) is 28.2. The van der Waals surface area contributed by atoms with Crippen molar-refractivity contribution in [2.45, 2.75) is 25.6 Å². The van der Waals surface area contributed by atoms with E-state index in [0.717, 1.165) is 39.5 Å². The molecule has 2 heterocycles. The first kappa shape index (κ1) is 12.0. The van der Waals surface area contributed by atoms with Crippen molar-refractivity contribution in [1.29, 1.82) is 0 Å². The lowest BCUT2D eigenvalue weighted by Crippen LogP contribution is -2.04. The molecule has 0 aromatic heterocycles. The summed E-state index contributed by atoms with van der Waals surface area (Å²) in [7, 11) is 0. The van der Waals surface area contributed by atoms with Crippen LogP contribution >= 0.6 is 0 Å². The molecule has 0 radical (unpaired) electrons. The van der Waals surface area contributed by atoms with Gasteiger partial charge in [0.2, 0.25) is 0 Å². The van der Waals surface area contributed by atoms with E-state index in [0.29, 0.717) is 18.8 Å². The minimum Gasteiger partial charge on any atom is -0.378 e. The maximum Gasteiger partial charge on any atom is 0.104 e. The fraction of sp³-hybridized carbons (Fsp3) is 0.833. The summed E-state index contributed by atoms with van der Waals surface area (Å²) in [5, 5.41) is 0. The zero-order valence-corrected chi connectivity index (χ0v) is 9.81. The lowest BCUT2D eigenvalue weighted by molar-refractivity contribution is 0.118. The van der Waals surface area contributed by atoms with Crippen molar-refractivity contribution in [3.8, 4) is 0 Å². The molecule has 0 bridgehead atoms. The molecule has 0 aliphatic carbocycles. The predicted octanol–water partition coefficient (Wildman–Crippen LogP) is 1.15. The van der Waals surface area contributed by atoms with Gasteiger partial charge in [0.1, 0.15) is 12.2 Å². The maximum atomic E-state index is 5.46. The van der Waals surface area contributed by atoms with E-state index in [4.69, 9.17) is 18.9 Å². The smallest absolute Gasteiger partial charge is 0.104 e. The average Bonchev–Trinajstić information content (AvgIpc) is 3.14. The second-order valence-corrected chi connectivity index (χ2v) is 4.32. The molecule has 2 rings (SSSR count). The van der Waals surface area contributed by atoms with Gasteiger partial charge >= 0.3 is 0 Å². The highest BCUT2D eigenvalue weighted by Gasteiger charge is 2.22. The Kier molecular flexibility index (Phi) is 4.78. The minimum absolute atomic E-state index is 0.357. The lowest BCUT2D eigenvalue weighted by Gasteiger charge is -2.03. The fourth-order valence-corrected chi connectivity index (χ4v) is 1.28. The number of rotatable bonds is 9. The van der Waals surface area contributed by atoms with Crippen molar-refractivity contribution in [3.05, 3.63) is 11.6 Å². The monoisotopic (exact) mass is 228 g/mol. The number of hydrogen-bond acceptors (Lipinski definition) is 4.